The van der Waals surface area contributed by atoms with E-state index < -0.39 is 0 Å². The third-order valence-corrected chi connectivity index (χ3v) is 8.17. The van der Waals surface area contributed by atoms with Gasteiger partial charge < -0.3 is 9.47 Å². The molecular formula is C28H30N2O4S. The number of methoxy groups -OCH3 is 2. The van der Waals surface area contributed by atoms with Gasteiger partial charge >= 0.3 is 5.69 Å². The number of fused-ring (bicyclic) bond motifs is 3. The van der Waals surface area contributed by atoms with Crippen molar-refractivity contribution in [2.45, 2.75) is 51.6 Å². The van der Waals surface area contributed by atoms with Gasteiger partial charge in [0.1, 0.15) is 4.83 Å². The van der Waals surface area contributed by atoms with E-state index in [2.05, 4.69) is 12.1 Å². The normalized spacial score (nSPS) is 13.1. The third kappa shape index (κ3) is 4.52. The van der Waals surface area contributed by atoms with Crippen LogP contribution in [0.3, 0.4) is 0 Å². The van der Waals surface area contributed by atoms with E-state index in [0.717, 1.165) is 53.4 Å². The summed E-state index contributed by atoms with van der Waals surface area (Å²) >= 11 is 1.64. The summed E-state index contributed by atoms with van der Waals surface area (Å²) in [6.45, 7) is 0.869. The highest BCUT2D eigenvalue weighted by molar-refractivity contribution is 7.18. The van der Waals surface area contributed by atoms with Gasteiger partial charge in [0.2, 0.25) is 0 Å². The Balaban J connectivity index is 1.55. The molecule has 35 heavy (non-hydrogen) atoms. The summed E-state index contributed by atoms with van der Waals surface area (Å²) in [5.41, 5.74) is 2.95. The van der Waals surface area contributed by atoms with Crippen molar-refractivity contribution < 1.29 is 9.47 Å². The molecule has 2 aromatic heterocycles. The maximum atomic E-state index is 13.7. The molecule has 6 nitrogen and oxygen atoms in total. The van der Waals surface area contributed by atoms with E-state index in [0.29, 0.717) is 31.0 Å². The van der Waals surface area contributed by atoms with Gasteiger partial charge in [-0.2, -0.15) is 0 Å². The van der Waals surface area contributed by atoms with E-state index in [1.165, 1.54) is 15.0 Å². The lowest BCUT2D eigenvalue weighted by molar-refractivity contribution is 0.354. The van der Waals surface area contributed by atoms with Crippen molar-refractivity contribution >= 4 is 21.6 Å². The Morgan fingerprint density at radius 2 is 1.54 bits per heavy atom. The van der Waals surface area contributed by atoms with E-state index in [1.54, 1.807) is 25.6 Å². The number of rotatable bonds is 8. The summed E-state index contributed by atoms with van der Waals surface area (Å²) in [6.07, 6.45) is 5.43. The van der Waals surface area contributed by atoms with E-state index in [4.69, 9.17) is 9.47 Å². The lowest BCUT2D eigenvalue weighted by atomic mass is 9.97. The molecule has 0 atom stereocenters. The van der Waals surface area contributed by atoms with Crippen molar-refractivity contribution in [3.05, 3.63) is 90.9 Å². The van der Waals surface area contributed by atoms with Crippen LogP contribution in [0, 0.1) is 0 Å². The van der Waals surface area contributed by atoms with E-state index in [-0.39, 0.29) is 11.2 Å². The highest BCUT2D eigenvalue weighted by atomic mass is 32.1. The molecule has 5 rings (SSSR count). The fourth-order valence-electron chi connectivity index (χ4n) is 4.97. The molecule has 0 saturated heterocycles. The summed E-state index contributed by atoms with van der Waals surface area (Å²) in [5, 5.41) is 0.754. The smallest absolute Gasteiger partial charge is 0.332 e. The number of thiophene rings is 1. The van der Waals surface area contributed by atoms with E-state index in [9.17, 15) is 9.59 Å². The lowest BCUT2D eigenvalue weighted by Gasteiger charge is -2.14. The third-order valence-electron chi connectivity index (χ3n) is 6.86. The molecule has 0 saturated carbocycles. The van der Waals surface area contributed by atoms with E-state index in [1.807, 2.05) is 41.0 Å². The Labute approximate surface area is 208 Å². The number of benzene rings is 2. The molecule has 0 spiro atoms. The maximum Gasteiger partial charge on any atom is 0.332 e. The first kappa shape index (κ1) is 23.4. The average molecular weight is 491 g/mol. The number of nitrogens with zero attached hydrogens (tertiary/aromatic N) is 2. The van der Waals surface area contributed by atoms with Crippen molar-refractivity contribution in [1.82, 2.24) is 9.13 Å². The minimum atomic E-state index is -0.225. The molecule has 0 N–H and O–H groups in total. The van der Waals surface area contributed by atoms with Gasteiger partial charge in [0.15, 0.2) is 11.5 Å². The standard InChI is InChI=1S/C28H30N2O4S/c1-33-22-13-12-20(18-23(22)34-2)15-16-29-26(31)25-21-10-6-7-11-24(21)35-27(25)30(28(29)32)17-14-19-8-4-3-5-9-19/h3-5,8-9,12-13,18H,6-7,10-11,14-17H2,1-2H3. The fourth-order valence-corrected chi connectivity index (χ4v) is 6.37. The van der Waals surface area contributed by atoms with Gasteiger partial charge in [0, 0.05) is 18.0 Å². The van der Waals surface area contributed by atoms with Crippen LogP contribution in [-0.2, 0) is 38.8 Å². The van der Waals surface area contributed by atoms with Gasteiger partial charge in [0.25, 0.3) is 5.56 Å². The zero-order chi connectivity index (χ0) is 24.4. The van der Waals surface area contributed by atoms with Gasteiger partial charge in [-0.1, -0.05) is 36.4 Å². The average Bonchev–Trinajstić information content (AvgIpc) is 3.28. The number of hydrogen-bond acceptors (Lipinski definition) is 5. The van der Waals surface area contributed by atoms with Crippen molar-refractivity contribution in [2.24, 2.45) is 0 Å². The zero-order valence-electron chi connectivity index (χ0n) is 20.2. The molecule has 0 bridgehead atoms. The molecule has 4 aromatic rings. The molecule has 2 aromatic carbocycles. The summed E-state index contributed by atoms with van der Waals surface area (Å²) in [5.74, 6) is 1.29. The second-order valence-corrected chi connectivity index (χ2v) is 10.0. The summed E-state index contributed by atoms with van der Waals surface area (Å²) < 4.78 is 14.0. The van der Waals surface area contributed by atoms with Crippen molar-refractivity contribution in [2.75, 3.05) is 14.2 Å². The van der Waals surface area contributed by atoms with Gasteiger partial charge in [-0.05, 0) is 67.3 Å². The summed E-state index contributed by atoms with van der Waals surface area (Å²) in [4.78, 5) is 29.4. The minimum absolute atomic E-state index is 0.152. The molecule has 0 aliphatic heterocycles. The molecule has 0 amide bonds. The van der Waals surface area contributed by atoms with Crippen LogP contribution < -0.4 is 20.7 Å². The zero-order valence-corrected chi connectivity index (χ0v) is 21.0. The molecule has 2 heterocycles. The van der Waals surface area contributed by atoms with Crippen LogP contribution in [0.15, 0.2) is 58.1 Å². The predicted molar refractivity (Wildman–Crippen MR) is 140 cm³/mol. The van der Waals surface area contributed by atoms with Crippen LogP contribution in [0.25, 0.3) is 10.2 Å². The Kier molecular flexibility index (Phi) is 6.77. The van der Waals surface area contributed by atoms with Gasteiger partial charge in [-0.25, -0.2) is 4.79 Å². The predicted octanol–water partition coefficient (Wildman–Crippen LogP) is 4.61. The van der Waals surface area contributed by atoms with Crippen LogP contribution in [-0.4, -0.2) is 23.4 Å². The number of aromatic nitrogens is 2. The number of hydrogen-bond donors (Lipinski definition) is 0. The molecule has 0 fully saturated rings. The Morgan fingerprint density at radius 3 is 2.31 bits per heavy atom. The molecule has 7 heteroatoms. The Bertz CT molecular complexity index is 1470. The van der Waals surface area contributed by atoms with Crippen molar-refractivity contribution in [1.29, 1.82) is 0 Å². The topological polar surface area (TPSA) is 62.5 Å². The van der Waals surface area contributed by atoms with Gasteiger partial charge in [-0.15, -0.1) is 11.3 Å². The van der Waals surface area contributed by atoms with Gasteiger partial charge in [-0.3, -0.25) is 13.9 Å². The van der Waals surface area contributed by atoms with Crippen LogP contribution in [0.1, 0.15) is 34.4 Å². The molecule has 1 aliphatic rings. The fraction of sp³-hybridized carbons (Fsp3) is 0.357. The first-order chi connectivity index (χ1) is 17.1. The Hall–Kier alpha value is -3.32. The summed E-state index contributed by atoms with van der Waals surface area (Å²) in [7, 11) is 3.21. The molecule has 0 unspecified atom stereocenters. The first-order valence-corrected chi connectivity index (χ1v) is 12.9. The second-order valence-electron chi connectivity index (χ2n) is 8.96. The molecule has 0 radical (unpaired) electrons. The first-order valence-electron chi connectivity index (χ1n) is 12.1. The van der Waals surface area contributed by atoms with Crippen LogP contribution >= 0.6 is 11.3 Å². The number of aryl methyl sites for hydroxylation is 5. The van der Waals surface area contributed by atoms with Crippen LogP contribution in [0.2, 0.25) is 0 Å². The maximum absolute atomic E-state index is 13.7. The monoisotopic (exact) mass is 490 g/mol. The minimum Gasteiger partial charge on any atom is -0.493 e. The lowest BCUT2D eigenvalue weighted by Crippen LogP contribution is -2.40. The van der Waals surface area contributed by atoms with Crippen molar-refractivity contribution in [3.63, 3.8) is 0 Å². The largest absolute Gasteiger partial charge is 0.493 e. The molecular weight excluding hydrogens is 460 g/mol. The highest BCUT2D eigenvalue weighted by Crippen LogP contribution is 2.34. The molecule has 1 aliphatic carbocycles. The highest BCUT2D eigenvalue weighted by Gasteiger charge is 2.23. The molecule has 182 valence electrons. The van der Waals surface area contributed by atoms with Crippen molar-refractivity contribution in [3.8, 4) is 11.5 Å². The van der Waals surface area contributed by atoms with Crippen LogP contribution in [0.5, 0.6) is 11.5 Å². The quantitative estimate of drug-likeness (QED) is 0.362. The SMILES string of the molecule is COc1ccc(CCn2c(=O)c3c4c(sc3n(CCc3ccccc3)c2=O)CCCC4)cc1OC. The van der Waals surface area contributed by atoms with Gasteiger partial charge in [0.05, 0.1) is 19.6 Å². The number of ether oxygens (including phenoxy) is 2. The summed E-state index contributed by atoms with van der Waals surface area (Å²) in [6, 6.07) is 15.9. The van der Waals surface area contributed by atoms with E-state index >= 15 is 0 Å². The van der Waals surface area contributed by atoms with Crippen LogP contribution in [0.4, 0.5) is 0 Å². The second kappa shape index (κ2) is 10.1. The Morgan fingerprint density at radius 1 is 0.829 bits per heavy atom.